The van der Waals surface area contributed by atoms with Gasteiger partial charge in [-0.2, -0.15) is 0 Å². The van der Waals surface area contributed by atoms with Crippen LogP contribution in [0.2, 0.25) is 0 Å². The van der Waals surface area contributed by atoms with Crippen LogP contribution in [0.15, 0.2) is 12.1 Å². The second-order valence-corrected chi connectivity index (χ2v) is 6.38. The fourth-order valence-electron chi connectivity index (χ4n) is 3.17. The van der Waals surface area contributed by atoms with Crippen molar-refractivity contribution in [3.8, 4) is 17.2 Å². The van der Waals surface area contributed by atoms with E-state index in [9.17, 15) is 4.79 Å². The standard InChI is InChI=1S/C17H21NO4/c1-20-13-8-12(9-14-16(13)22-7-6-21-14)17(19)18-15(10-2-3-10)11-4-5-11/h8-11,15H,2-7H2,1H3,(H,18,19). The van der Waals surface area contributed by atoms with Crippen LogP contribution in [-0.4, -0.2) is 32.3 Å². The summed E-state index contributed by atoms with van der Waals surface area (Å²) in [5, 5.41) is 3.22. The molecule has 118 valence electrons. The second kappa shape index (κ2) is 5.38. The molecule has 4 rings (SSSR count). The molecule has 0 unspecified atom stereocenters. The minimum absolute atomic E-state index is 0.0425. The lowest BCUT2D eigenvalue weighted by Crippen LogP contribution is -2.38. The van der Waals surface area contributed by atoms with Gasteiger partial charge in [0.15, 0.2) is 11.5 Å². The number of benzene rings is 1. The molecule has 2 saturated carbocycles. The monoisotopic (exact) mass is 303 g/mol. The van der Waals surface area contributed by atoms with Crippen LogP contribution in [0.3, 0.4) is 0 Å². The molecule has 0 saturated heterocycles. The van der Waals surface area contributed by atoms with Crippen LogP contribution in [-0.2, 0) is 0 Å². The van der Waals surface area contributed by atoms with Gasteiger partial charge < -0.3 is 19.5 Å². The maximum absolute atomic E-state index is 12.6. The van der Waals surface area contributed by atoms with Crippen LogP contribution in [0.1, 0.15) is 36.0 Å². The molecule has 5 heteroatoms. The van der Waals surface area contributed by atoms with E-state index in [4.69, 9.17) is 14.2 Å². The molecule has 0 bridgehead atoms. The molecule has 1 aliphatic heterocycles. The Bertz CT molecular complexity index is 563. The molecule has 1 heterocycles. The zero-order chi connectivity index (χ0) is 15.1. The Morgan fingerprint density at radius 1 is 1.18 bits per heavy atom. The van der Waals surface area contributed by atoms with Gasteiger partial charge in [0.25, 0.3) is 5.91 Å². The fourth-order valence-corrected chi connectivity index (χ4v) is 3.17. The predicted octanol–water partition coefficient (Wildman–Crippen LogP) is 2.38. The summed E-state index contributed by atoms with van der Waals surface area (Å²) in [4.78, 5) is 12.6. The van der Waals surface area contributed by atoms with Gasteiger partial charge in [0.05, 0.1) is 7.11 Å². The molecule has 1 N–H and O–H groups in total. The SMILES string of the molecule is COc1cc(C(=O)NC(C2CC2)C2CC2)cc2c1OCCO2. The van der Waals surface area contributed by atoms with Gasteiger partial charge in [-0.25, -0.2) is 0 Å². The minimum atomic E-state index is -0.0425. The van der Waals surface area contributed by atoms with Gasteiger partial charge in [-0.3, -0.25) is 4.79 Å². The Balaban J connectivity index is 1.57. The number of carbonyl (C=O) groups is 1. The van der Waals surface area contributed by atoms with E-state index in [-0.39, 0.29) is 5.91 Å². The molecular weight excluding hydrogens is 282 g/mol. The average Bonchev–Trinajstić information content (AvgIpc) is 3.44. The molecule has 1 aromatic rings. The zero-order valence-electron chi connectivity index (χ0n) is 12.8. The average molecular weight is 303 g/mol. The van der Waals surface area contributed by atoms with Gasteiger partial charge in [-0.15, -0.1) is 0 Å². The number of rotatable bonds is 5. The quantitative estimate of drug-likeness (QED) is 0.907. The van der Waals surface area contributed by atoms with E-state index in [1.54, 1.807) is 19.2 Å². The van der Waals surface area contributed by atoms with Gasteiger partial charge in [-0.05, 0) is 49.7 Å². The molecule has 2 aliphatic carbocycles. The van der Waals surface area contributed by atoms with E-state index >= 15 is 0 Å². The number of amides is 1. The van der Waals surface area contributed by atoms with Crippen LogP contribution >= 0.6 is 0 Å². The number of carbonyl (C=O) groups excluding carboxylic acids is 1. The van der Waals surface area contributed by atoms with E-state index in [0.29, 0.717) is 53.9 Å². The van der Waals surface area contributed by atoms with E-state index in [0.717, 1.165) is 0 Å². The highest BCUT2D eigenvalue weighted by molar-refractivity contribution is 5.96. The Hall–Kier alpha value is -1.91. The molecule has 2 fully saturated rings. The summed E-state index contributed by atoms with van der Waals surface area (Å²) in [6, 6.07) is 3.83. The molecule has 5 nitrogen and oxygen atoms in total. The highest BCUT2D eigenvalue weighted by atomic mass is 16.6. The maximum atomic E-state index is 12.6. The minimum Gasteiger partial charge on any atom is -0.493 e. The number of hydrogen-bond donors (Lipinski definition) is 1. The summed E-state index contributed by atoms with van der Waals surface area (Å²) >= 11 is 0. The van der Waals surface area contributed by atoms with E-state index in [1.807, 2.05) is 0 Å². The molecule has 1 aromatic carbocycles. The van der Waals surface area contributed by atoms with Crippen LogP contribution in [0, 0.1) is 11.8 Å². The largest absolute Gasteiger partial charge is 0.493 e. The highest BCUT2D eigenvalue weighted by Gasteiger charge is 2.42. The first-order valence-corrected chi connectivity index (χ1v) is 8.05. The van der Waals surface area contributed by atoms with Crippen molar-refractivity contribution in [3.63, 3.8) is 0 Å². The summed E-state index contributed by atoms with van der Waals surface area (Å²) in [5.74, 6) is 3.04. The third-order valence-corrected chi connectivity index (χ3v) is 4.65. The van der Waals surface area contributed by atoms with Crippen LogP contribution < -0.4 is 19.5 Å². The normalized spacial score (nSPS) is 19.9. The summed E-state index contributed by atoms with van der Waals surface area (Å²) in [6.07, 6.45) is 4.97. The third-order valence-electron chi connectivity index (χ3n) is 4.65. The molecule has 1 amide bonds. The number of ether oxygens (including phenoxy) is 3. The van der Waals surface area contributed by atoms with Gasteiger partial charge in [0.1, 0.15) is 13.2 Å². The first kappa shape index (κ1) is 13.7. The number of nitrogens with one attached hydrogen (secondary N) is 1. The maximum Gasteiger partial charge on any atom is 0.251 e. The molecule has 0 spiro atoms. The molecular formula is C17H21NO4. The predicted molar refractivity (Wildman–Crippen MR) is 80.7 cm³/mol. The van der Waals surface area contributed by atoms with Gasteiger partial charge in [-0.1, -0.05) is 0 Å². The molecule has 3 aliphatic rings. The Kier molecular flexibility index (Phi) is 3.36. The van der Waals surface area contributed by atoms with Crippen molar-refractivity contribution in [2.24, 2.45) is 11.8 Å². The van der Waals surface area contributed by atoms with Crippen molar-refractivity contribution < 1.29 is 19.0 Å². The van der Waals surface area contributed by atoms with Gasteiger partial charge >= 0.3 is 0 Å². The van der Waals surface area contributed by atoms with Crippen molar-refractivity contribution in [2.75, 3.05) is 20.3 Å². The van der Waals surface area contributed by atoms with Gasteiger partial charge in [0, 0.05) is 11.6 Å². The number of hydrogen-bond acceptors (Lipinski definition) is 4. The second-order valence-electron chi connectivity index (χ2n) is 6.38. The van der Waals surface area contributed by atoms with Crippen LogP contribution in [0.25, 0.3) is 0 Å². The lowest BCUT2D eigenvalue weighted by atomic mass is 10.1. The Labute approximate surface area is 129 Å². The van der Waals surface area contributed by atoms with E-state index in [1.165, 1.54) is 25.7 Å². The van der Waals surface area contributed by atoms with Crippen molar-refractivity contribution in [1.82, 2.24) is 5.32 Å². The lowest BCUT2D eigenvalue weighted by Gasteiger charge is -2.22. The van der Waals surface area contributed by atoms with E-state index < -0.39 is 0 Å². The summed E-state index contributed by atoms with van der Waals surface area (Å²) < 4.78 is 16.5. The summed E-state index contributed by atoms with van der Waals surface area (Å²) in [5.41, 5.74) is 0.576. The zero-order valence-corrected chi connectivity index (χ0v) is 12.8. The smallest absolute Gasteiger partial charge is 0.251 e. The Morgan fingerprint density at radius 2 is 1.86 bits per heavy atom. The Morgan fingerprint density at radius 3 is 2.50 bits per heavy atom. The summed E-state index contributed by atoms with van der Waals surface area (Å²) in [6.45, 7) is 0.994. The van der Waals surface area contributed by atoms with Crippen molar-refractivity contribution >= 4 is 5.91 Å². The molecule has 0 radical (unpaired) electrons. The third kappa shape index (κ3) is 2.60. The van der Waals surface area contributed by atoms with E-state index in [2.05, 4.69) is 5.32 Å². The lowest BCUT2D eigenvalue weighted by molar-refractivity contribution is 0.0924. The van der Waals surface area contributed by atoms with Crippen molar-refractivity contribution in [1.29, 1.82) is 0 Å². The fraction of sp³-hybridized carbons (Fsp3) is 0.588. The highest BCUT2D eigenvalue weighted by Crippen LogP contribution is 2.45. The van der Waals surface area contributed by atoms with Crippen LogP contribution in [0.5, 0.6) is 17.2 Å². The van der Waals surface area contributed by atoms with Crippen LogP contribution in [0.4, 0.5) is 0 Å². The summed E-state index contributed by atoms with van der Waals surface area (Å²) in [7, 11) is 1.58. The van der Waals surface area contributed by atoms with Gasteiger partial charge in [0.2, 0.25) is 5.75 Å². The topological polar surface area (TPSA) is 56.8 Å². The number of methoxy groups -OCH3 is 1. The van der Waals surface area contributed by atoms with Crippen molar-refractivity contribution in [3.05, 3.63) is 17.7 Å². The molecule has 0 atom stereocenters. The van der Waals surface area contributed by atoms with Crippen molar-refractivity contribution in [2.45, 2.75) is 31.7 Å². The molecule has 22 heavy (non-hydrogen) atoms. The molecule has 0 aromatic heterocycles. The number of fused-ring (bicyclic) bond motifs is 1. The first-order chi connectivity index (χ1) is 10.8. The first-order valence-electron chi connectivity index (χ1n) is 8.05.